The molecule has 3 fully saturated rings. The van der Waals surface area contributed by atoms with Crippen molar-refractivity contribution in [2.24, 2.45) is 17.8 Å². The number of hydrogen-bond acceptors (Lipinski definition) is 9. The van der Waals surface area contributed by atoms with Crippen molar-refractivity contribution in [1.29, 1.82) is 0 Å². The molecule has 0 bridgehead atoms. The van der Waals surface area contributed by atoms with Crippen LogP contribution < -0.4 is 0 Å². The van der Waals surface area contributed by atoms with Crippen LogP contribution in [0, 0.1) is 17.8 Å². The number of rotatable bonds is 7. The molecular formula is C38H61N3O8. The first-order chi connectivity index (χ1) is 23.5. The van der Waals surface area contributed by atoms with E-state index in [0.717, 1.165) is 18.7 Å². The number of likely N-dealkylation sites (tertiary alicyclic amines) is 1. The van der Waals surface area contributed by atoms with E-state index in [2.05, 4.69) is 4.90 Å². The molecule has 0 aromatic heterocycles. The maximum atomic E-state index is 13.4. The molecule has 4 rings (SSSR count). The number of aliphatic hydroxyl groups excluding tert-OH is 2. The molecule has 2 N–H and O–H groups in total. The third-order valence-corrected chi connectivity index (χ3v) is 10.5. The first-order valence-electron chi connectivity index (χ1n) is 18.7. The van der Waals surface area contributed by atoms with Gasteiger partial charge < -0.3 is 34.2 Å². The largest absolute Gasteiger partial charge is 0.457 e. The van der Waals surface area contributed by atoms with Crippen LogP contribution >= 0.6 is 0 Å². The molecule has 2 amide bonds. The van der Waals surface area contributed by atoms with E-state index in [9.17, 15) is 24.6 Å². The third kappa shape index (κ3) is 12.4. The molecular weight excluding hydrogens is 626 g/mol. The number of β-amino-alcohol motifs (C(OH)–C–C–N with tert-alkyl or cyclic N) is 1. The lowest BCUT2D eigenvalue weighted by atomic mass is 9.92. The minimum absolute atomic E-state index is 0.0473. The van der Waals surface area contributed by atoms with Crippen molar-refractivity contribution < 1.29 is 38.8 Å². The van der Waals surface area contributed by atoms with E-state index in [1.807, 2.05) is 63.0 Å². The quantitative estimate of drug-likeness (QED) is 0.118. The van der Waals surface area contributed by atoms with Gasteiger partial charge in [-0.05, 0) is 56.6 Å². The second-order valence-corrected chi connectivity index (χ2v) is 14.8. The molecule has 3 aliphatic heterocycles. The van der Waals surface area contributed by atoms with Crippen molar-refractivity contribution in [2.45, 2.75) is 122 Å². The van der Waals surface area contributed by atoms with Gasteiger partial charge in [0, 0.05) is 57.1 Å². The Morgan fingerprint density at radius 1 is 0.918 bits per heavy atom. The summed E-state index contributed by atoms with van der Waals surface area (Å²) in [6.07, 6.45) is 15.6. The molecule has 11 nitrogen and oxygen atoms in total. The lowest BCUT2D eigenvalue weighted by Gasteiger charge is -2.39. The van der Waals surface area contributed by atoms with Crippen molar-refractivity contribution in [3.63, 3.8) is 0 Å². The zero-order chi connectivity index (χ0) is 35.3. The van der Waals surface area contributed by atoms with Crippen LogP contribution in [0.3, 0.4) is 0 Å². The number of ether oxygens (including phenoxy) is 3. The van der Waals surface area contributed by atoms with Crippen molar-refractivity contribution in [3.8, 4) is 0 Å². The van der Waals surface area contributed by atoms with Gasteiger partial charge in [-0.25, -0.2) is 9.59 Å². The fourth-order valence-electron chi connectivity index (χ4n) is 7.28. The highest BCUT2D eigenvalue weighted by Gasteiger charge is 2.31. The summed E-state index contributed by atoms with van der Waals surface area (Å²) in [5.41, 5.74) is 0.816. The summed E-state index contributed by atoms with van der Waals surface area (Å²) in [6, 6.07) is 0.627. The molecule has 3 heterocycles. The Hall–Kier alpha value is -2.89. The maximum absolute atomic E-state index is 13.4. The van der Waals surface area contributed by atoms with E-state index in [1.54, 1.807) is 0 Å². The van der Waals surface area contributed by atoms with Gasteiger partial charge in [-0.3, -0.25) is 9.69 Å². The predicted molar refractivity (Wildman–Crippen MR) is 188 cm³/mol. The second kappa shape index (κ2) is 19.5. The van der Waals surface area contributed by atoms with Crippen LogP contribution in [-0.2, 0) is 19.0 Å². The SMILES string of the molecule is C/C(=C\C=C\C(C)COC(=O)N1CC[C@@H](O)C1)[C@H]1OC(=O)C[C@@H](O)CC[C@@H](C)[C@@H](OC(=O)N2CCN(C3CCCCCC3)CC2)/C=C/[C@@H]1C. The predicted octanol–water partition coefficient (Wildman–Crippen LogP) is 5.46. The van der Waals surface area contributed by atoms with E-state index in [4.69, 9.17) is 14.2 Å². The molecule has 7 atom stereocenters. The van der Waals surface area contributed by atoms with Crippen molar-refractivity contribution in [3.05, 3.63) is 36.0 Å². The average Bonchev–Trinajstić information content (AvgIpc) is 3.34. The molecule has 0 spiro atoms. The smallest absolute Gasteiger partial charge is 0.410 e. The minimum atomic E-state index is -0.848. The lowest BCUT2D eigenvalue weighted by molar-refractivity contribution is -0.151. The Morgan fingerprint density at radius 2 is 1.63 bits per heavy atom. The van der Waals surface area contributed by atoms with Gasteiger partial charge in [0.15, 0.2) is 0 Å². The zero-order valence-electron chi connectivity index (χ0n) is 30.2. The average molecular weight is 688 g/mol. The van der Waals surface area contributed by atoms with Gasteiger partial charge in [-0.2, -0.15) is 0 Å². The number of cyclic esters (lactones) is 1. The number of carbonyl (C=O) groups is 3. The molecule has 0 aromatic carbocycles. The van der Waals surface area contributed by atoms with Gasteiger partial charge in [0.25, 0.3) is 0 Å². The summed E-state index contributed by atoms with van der Waals surface area (Å²) in [4.78, 5) is 44.4. The van der Waals surface area contributed by atoms with Crippen LogP contribution in [0.5, 0.6) is 0 Å². The Morgan fingerprint density at radius 3 is 2.31 bits per heavy atom. The molecule has 1 aliphatic carbocycles. The monoisotopic (exact) mass is 687 g/mol. The highest BCUT2D eigenvalue weighted by molar-refractivity contribution is 5.70. The highest BCUT2D eigenvalue weighted by atomic mass is 16.6. The van der Waals surface area contributed by atoms with Crippen LogP contribution in [0.15, 0.2) is 36.0 Å². The lowest BCUT2D eigenvalue weighted by Crippen LogP contribution is -2.52. The summed E-state index contributed by atoms with van der Waals surface area (Å²) >= 11 is 0. The Bertz CT molecular complexity index is 1160. The summed E-state index contributed by atoms with van der Waals surface area (Å²) in [5.74, 6) is -0.783. The Labute approximate surface area is 293 Å². The maximum Gasteiger partial charge on any atom is 0.410 e. The number of aliphatic hydroxyl groups is 2. The van der Waals surface area contributed by atoms with Crippen molar-refractivity contribution >= 4 is 18.2 Å². The fourth-order valence-corrected chi connectivity index (χ4v) is 7.28. The van der Waals surface area contributed by atoms with Crippen LogP contribution in [0.2, 0.25) is 0 Å². The molecule has 0 radical (unpaired) electrons. The second-order valence-electron chi connectivity index (χ2n) is 14.8. The minimum Gasteiger partial charge on any atom is -0.457 e. The molecule has 49 heavy (non-hydrogen) atoms. The fraction of sp³-hybridized carbons (Fsp3) is 0.763. The topological polar surface area (TPSA) is 129 Å². The molecule has 2 saturated heterocycles. The van der Waals surface area contributed by atoms with Gasteiger partial charge in [0.2, 0.25) is 0 Å². The summed E-state index contributed by atoms with van der Waals surface area (Å²) < 4.78 is 17.4. The normalized spacial score (nSPS) is 31.7. The van der Waals surface area contributed by atoms with Crippen LogP contribution in [0.1, 0.15) is 91.9 Å². The number of carbonyl (C=O) groups excluding carboxylic acids is 3. The number of hydrogen-bond donors (Lipinski definition) is 2. The van der Waals surface area contributed by atoms with E-state index < -0.39 is 36.5 Å². The Kier molecular flexibility index (Phi) is 15.5. The summed E-state index contributed by atoms with van der Waals surface area (Å²) in [6.45, 7) is 11.9. The van der Waals surface area contributed by atoms with Crippen molar-refractivity contribution in [1.82, 2.24) is 14.7 Å². The van der Waals surface area contributed by atoms with E-state index in [-0.39, 0.29) is 36.9 Å². The van der Waals surface area contributed by atoms with Crippen LogP contribution in [0.4, 0.5) is 9.59 Å². The molecule has 276 valence electrons. The molecule has 11 heteroatoms. The summed E-state index contributed by atoms with van der Waals surface area (Å²) in [7, 11) is 0. The molecule has 1 saturated carbocycles. The molecule has 0 aromatic rings. The van der Waals surface area contributed by atoms with E-state index in [1.165, 1.54) is 43.4 Å². The highest BCUT2D eigenvalue weighted by Crippen LogP contribution is 2.26. The van der Waals surface area contributed by atoms with Crippen LogP contribution in [0.25, 0.3) is 0 Å². The number of nitrogens with zero attached hydrogens (tertiary/aromatic N) is 3. The van der Waals surface area contributed by atoms with Crippen LogP contribution in [-0.4, -0.2) is 119 Å². The van der Waals surface area contributed by atoms with Gasteiger partial charge in [-0.15, -0.1) is 0 Å². The first-order valence-corrected chi connectivity index (χ1v) is 18.7. The summed E-state index contributed by atoms with van der Waals surface area (Å²) in [5, 5.41) is 20.3. The molecule has 4 aliphatic rings. The number of amides is 2. The van der Waals surface area contributed by atoms with Gasteiger partial charge >= 0.3 is 18.2 Å². The van der Waals surface area contributed by atoms with Gasteiger partial charge in [0.05, 0.1) is 25.2 Å². The first kappa shape index (κ1) is 38.9. The van der Waals surface area contributed by atoms with Gasteiger partial charge in [0.1, 0.15) is 12.2 Å². The van der Waals surface area contributed by atoms with E-state index >= 15 is 0 Å². The third-order valence-electron chi connectivity index (χ3n) is 10.5. The Balaban J connectivity index is 1.36. The number of esters is 1. The number of piperazine rings is 1. The van der Waals surface area contributed by atoms with Gasteiger partial charge in [-0.1, -0.05) is 70.8 Å². The number of allylic oxidation sites excluding steroid dienone is 2. The zero-order valence-corrected chi connectivity index (χ0v) is 30.2. The van der Waals surface area contributed by atoms with Crippen molar-refractivity contribution in [2.75, 3.05) is 45.9 Å². The van der Waals surface area contributed by atoms with E-state index in [0.29, 0.717) is 51.5 Å². The standard InChI is InChI=1S/C38H61N3O8/c1-27(26-47-37(45)41-19-18-33(43)25-41)10-9-11-29(3)36-30(4)15-17-34(28(2)14-16-32(42)24-35(44)49-36)48-38(46)40-22-20-39(21-23-40)31-12-7-5-6-8-13-31/h9-11,15,17,27-28,30-34,36,42-43H,5-8,12-14,16,18-26H2,1-4H3/b10-9+,17-15+,29-11+/t27?,28-,30+,32+,33-,34+,36-/m1/s1. The molecule has 1 unspecified atom stereocenters.